The maximum absolute atomic E-state index is 4.19. The normalized spacial score (nSPS) is 22.8. The van der Waals surface area contributed by atoms with Crippen LogP contribution < -0.4 is 0 Å². The van der Waals surface area contributed by atoms with E-state index in [1.807, 2.05) is 4.68 Å². The van der Waals surface area contributed by atoms with Gasteiger partial charge in [-0.2, -0.15) is 5.10 Å². The van der Waals surface area contributed by atoms with E-state index in [4.69, 9.17) is 0 Å². The van der Waals surface area contributed by atoms with Gasteiger partial charge in [-0.25, -0.2) is 4.98 Å². The zero-order valence-electron chi connectivity index (χ0n) is 15.6. The Morgan fingerprint density at radius 2 is 1.73 bits per heavy atom. The minimum atomic E-state index is 0.719. The van der Waals surface area contributed by atoms with Crippen molar-refractivity contribution >= 4 is 0 Å². The largest absolute Gasteiger partial charge is 0.299 e. The standard InChI is InChI=1S/C20H30N6/c1-2-5-19(6-3-1)15-25-8-4-7-20(25)16-24-11-9-23(10-12-24)13-14-26-18-21-17-22-26/h1-3,5-6,17-18,20H,4,7-16H2/t20-/m1/s1. The van der Waals surface area contributed by atoms with Gasteiger partial charge in [0.1, 0.15) is 12.7 Å². The first kappa shape index (κ1) is 17.6. The van der Waals surface area contributed by atoms with Crippen molar-refractivity contribution in [1.29, 1.82) is 0 Å². The summed E-state index contributed by atoms with van der Waals surface area (Å²) in [7, 11) is 0. The minimum Gasteiger partial charge on any atom is -0.299 e. The number of nitrogens with zero attached hydrogens (tertiary/aromatic N) is 6. The first-order chi connectivity index (χ1) is 12.9. The lowest BCUT2D eigenvalue weighted by Crippen LogP contribution is -2.50. The van der Waals surface area contributed by atoms with Gasteiger partial charge in [0.2, 0.25) is 0 Å². The van der Waals surface area contributed by atoms with Crippen molar-refractivity contribution < 1.29 is 0 Å². The van der Waals surface area contributed by atoms with Gasteiger partial charge in [-0.15, -0.1) is 0 Å². The molecule has 2 aliphatic rings. The van der Waals surface area contributed by atoms with Crippen LogP contribution in [0, 0.1) is 0 Å². The van der Waals surface area contributed by atoms with Crippen molar-refractivity contribution in [2.75, 3.05) is 45.8 Å². The predicted molar refractivity (Wildman–Crippen MR) is 103 cm³/mol. The summed E-state index contributed by atoms with van der Waals surface area (Å²) in [5.41, 5.74) is 1.44. The summed E-state index contributed by atoms with van der Waals surface area (Å²) < 4.78 is 1.92. The second-order valence-electron chi connectivity index (χ2n) is 7.55. The van der Waals surface area contributed by atoms with Gasteiger partial charge in [-0.3, -0.25) is 19.4 Å². The molecule has 2 aliphatic heterocycles. The maximum Gasteiger partial charge on any atom is 0.137 e. The molecule has 0 unspecified atom stereocenters. The van der Waals surface area contributed by atoms with Crippen molar-refractivity contribution in [2.45, 2.75) is 32.0 Å². The molecule has 6 heteroatoms. The van der Waals surface area contributed by atoms with E-state index in [9.17, 15) is 0 Å². The molecule has 2 fully saturated rings. The SMILES string of the molecule is c1ccc(CN2CCC[C@@H]2CN2CCN(CCn3cncn3)CC2)cc1. The van der Waals surface area contributed by atoms with E-state index < -0.39 is 0 Å². The fourth-order valence-electron chi connectivity index (χ4n) is 4.21. The second-order valence-corrected chi connectivity index (χ2v) is 7.55. The monoisotopic (exact) mass is 354 g/mol. The van der Waals surface area contributed by atoms with E-state index in [0.717, 1.165) is 25.7 Å². The Kier molecular flexibility index (Phi) is 5.94. The molecule has 0 saturated carbocycles. The summed E-state index contributed by atoms with van der Waals surface area (Å²) in [6, 6.07) is 11.6. The first-order valence-corrected chi connectivity index (χ1v) is 9.92. The topological polar surface area (TPSA) is 40.4 Å². The Morgan fingerprint density at radius 3 is 2.50 bits per heavy atom. The smallest absolute Gasteiger partial charge is 0.137 e. The van der Waals surface area contributed by atoms with Crippen LogP contribution in [0.2, 0.25) is 0 Å². The van der Waals surface area contributed by atoms with Crippen LogP contribution in [0.3, 0.4) is 0 Å². The van der Waals surface area contributed by atoms with E-state index >= 15 is 0 Å². The maximum atomic E-state index is 4.19. The Balaban J connectivity index is 1.21. The van der Waals surface area contributed by atoms with E-state index in [1.165, 1.54) is 57.7 Å². The molecule has 1 atom stereocenters. The Labute approximate surface area is 156 Å². The minimum absolute atomic E-state index is 0.719. The van der Waals surface area contributed by atoms with Crippen LogP contribution in [0.15, 0.2) is 43.0 Å². The number of benzene rings is 1. The number of rotatable bonds is 7. The van der Waals surface area contributed by atoms with E-state index in [1.54, 1.807) is 12.7 Å². The Morgan fingerprint density at radius 1 is 0.923 bits per heavy atom. The summed E-state index contributed by atoms with van der Waals surface area (Å²) in [4.78, 5) is 11.9. The molecule has 4 rings (SSSR count). The second kappa shape index (κ2) is 8.75. The van der Waals surface area contributed by atoms with Crippen LogP contribution in [0.1, 0.15) is 18.4 Å². The molecular formula is C20H30N6. The average molecular weight is 355 g/mol. The molecule has 0 spiro atoms. The van der Waals surface area contributed by atoms with E-state index in [2.05, 4.69) is 55.1 Å². The molecule has 0 amide bonds. The third-order valence-electron chi connectivity index (χ3n) is 5.77. The van der Waals surface area contributed by atoms with Crippen molar-refractivity contribution in [1.82, 2.24) is 29.5 Å². The number of aromatic nitrogens is 3. The van der Waals surface area contributed by atoms with Crippen LogP contribution in [-0.2, 0) is 13.1 Å². The van der Waals surface area contributed by atoms with Crippen molar-refractivity contribution in [3.8, 4) is 0 Å². The Bertz CT molecular complexity index is 636. The van der Waals surface area contributed by atoms with Crippen LogP contribution in [0.5, 0.6) is 0 Å². The number of likely N-dealkylation sites (tertiary alicyclic amines) is 1. The molecule has 2 aromatic rings. The molecule has 0 radical (unpaired) electrons. The van der Waals surface area contributed by atoms with Crippen LogP contribution in [0.25, 0.3) is 0 Å². The molecule has 3 heterocycles. The molecule has 0 aliphatic carbocycles. The summed E-state index contributed by atoms with van der Waals surface area (Å²) >= 11 is 0. The van der Waals surface area contributed by atoms with Gasteiger partial charge in [0.25, 0.3) is 0 Å². The molecule has 1 aromatic heterocycles. The summed E-state index contributed by atoms with van der Waals surface area (Å²) in [5.74, 6) is 0. The molecule has 2 saturated heterocycles. The lowest BCUT2D eigenvalue weighted by atomic mass is 10.1. The quantitative estimate of drug-likeness (QED) is 0.755. The molecule has 26 heavy (non-hydrogen) atoms. The van der Waals surface area contributed by atoms with Crippen LogP contribution >= 0.6 is 0 Å². The van der Waals surface area contributed by atoms with Crippen molar-refractivity contribution in [3.05, 3.63) is 48.5 Å². The summed E-state index contributed by atoms with van der Waals surface area (Å²) in [6.45, 7) is 10.3. The van der Waals surface area contributed by atoms with E-state index in [-0.39, 0.29) is 0 Å². The van der Waals surface area contributed by atoms with Crippen molar-refractivity contribution in [2.24, 2.45) is 0 Å². The molecule has 6 nitrogen and oxygen atoms in total. The highest BCUT2D eigenvalue weighted by Crippen LogP contribution is 2.21. The highest BCUT2D eigenvalue weighted by molar-refractivity contribution is 5.14. The molecule has 0 bridgehead atoms. The number of hydrogen-bond donors (Lipinski definition) is 0. The molecule has 140 valence electrons. The summed E-state index contributed by atoms with van der Waals surface area (Å²) in [6.07, 6.45) is 6.10. The van der Waals surface area contributed by atoms with Crippen LogP contribution in [0.4, 0.5) is 0 Å². The number of piperazine rings is 1. The lowest BCUT2D eigenvalue weighted by molar-refractivity contribution is 0.0988. The van der Waals surface area contributed by atoms with Gasteiger partial charge < -0.3 is 0 Å². The third kappa shape index (κ3) is 4.69. The molecular weight excluding hydrogens is 324 g/mol. The average Bonchev–Trinajstić information content (AvgIpc) is 3.35. The first-order valence-electron chi connectivity index (χ1n) is 9.92. The predicted octanol–water partition coefficient (Wildman–Crippen LogP) is 1.56. The zero-order valence-corrected chi connectivity index (χ0v) is 15.6. The highest BCUT2D eigenvalue weighted by Gasteiger charge is 2.27. The summed E-state index contributed by atoms with van der Waals surface area (Å²) in [5, 5.41) is 4.19. The van der Waals surface area contributed by atoms with Gasteiger partial charge in [-0.1, -0.05) is 30.3 Å². The van der Waals surface area contributed by atoms with Gasteiger partial charge in [0, 0.05) is 51.9 Å². The fourth-order valence-corrected chi connectivity index (χ4v) is 4.21. The number of hydrogen-bond acceptors (Lipinski definition) is 5. The Hall–Kier alpha value is -1.76. The third-order valence-corrected chi connectivity index (χ3v) is 5.77. The fraction of sp³-hybridized carbons (Fsp3) is 0.600. The van der Waals surface area contributed by atoms with Gasteiger partial charge >= 0.3 is 0 Å². The van der Waals surface area contributed by atoms with Crippen molar-refractivity contribution in [3.63, 3.8) is 0 Å². The highest BCUT2D eigenvalue weighted by atomic mass is 15.3. The van der Waals surface area contributed by atoms with E-state index in [0.29, 0.717) is 0 Å². The van der Waals surface area contributed by atoms with Gasteiger partial charge in [0.05, 0.1) is 6.54 Å². The lowest BCUT2D eigenvalue weighted by Gasteiger charge is -2.37. The van der Waals surface area contributed by atoms with Gasteiger partial charge in [-0.05, 0) is 24.9 Å². The molecule has 0 N–H and O–H groups in total. The molecule has 1 aromatic carbocycles. The van der Waals surface area contributed by atoms with Gasteiger partial charge in [0.15, 0.2) is 0 Å². The van der Waals surface area contributed by atoms with Crippen LogP contribution in [-0.4, -0.2) is 81.3 Å². The zero-order chi connectivity index (χ0) is 17.6.